The Balaban J connectivity index is 2.22. The van der Waals surface area contributed by atoms with Gasteiger partial charge in [0, 0.05) is 41.5 Å². The molecule has 1 aromatic carbocycles. The van der Waals surface area contributed by atoms with Crippen molar-refractivity contribution in [1.29, 1.82) is 0 Å². The van der Waals surface area contributed by atoms with Crippen molar-refractivity contribution in [2.24, 2.45) is 7.05 Å². The molecule has 2 aromatic rings. The van der Waals surface area contributed by atoms with Gasteiger partial charge in [-0.25, -0.2) is 0 Å². The summed E-state index contributed by atoms with van der Waals surface area (Å²) in [4.78, 5) is 12.4. The van der Waals surface area contributed by atoms with Crippen molar-refractivity contribution in [3.05, 3.63) is 30.0 Å². The predicted molar refractivity (Wildman–Crippen MR) is 86.1 cm³/mol. The van der Waals surface area contributed by atoms with Crippen LogP contribution in [0.2, 0.25) is 0 Å². The number of ketones is 1. The molecule has 0 saturated heterocycles. The molecule has 4 heteroatoms. The number of halogens is 1. The molecule has 2 rings (SSSR count). The molecule has 0 aliphatic carbocycles. The number of nitrogens with zero attached hydrogens (tertiary/aromatic N) is 1. The fraction of sp³-hybridized carbons (Fsp3) is 0.438. The highest BCUT2D eigenvalue weighted by Gasteiger charge is 2.14. The third-order valence-corrected chi connectivity index (χ3v) is 4.10. The monoisotopic (exact) mass is 337 g/mol. The Morgan fingerprint density at radius 2 is 2.10 bits per heavy atom. The number of aromatic nitrogens is 1. The average Bonchev–Trinajstić information content (AvgIpc) is 2.80. The lowest BCUT2D eigenvalue weighted by molar-refractivity contribution is 0.0981. The quantitative estimate of drug-likeness (QED) is 0.428. The number of methoxy groups -OCH3 is 1. The normalized spacial score (nSPS) is 10.9. The van der Waals surface area contributed by atoms with Crippen molar-refractivity contribution >= 4 is 32.6 Å². The van der Waals surface area contributed by atoms with Crippen molar-refractivity contribution < 1.29 is 9.53 Å². The summed E-state index contributed by atoms with van der Waals surface area (Å²) in [6.07, 6.45) is 5.70. The number of unbranched alkanes of at least 4 members (excludes halogenated alkanes) is 2. The summed E-state index contributed by atoms with van der Waals surface area (Å²) in [5.41, 5.74) is 1.87. The van der Waals surface area contributed by atoms with Crippen LogP contribution in [0, 0.1) is 0 Å². The van der Waals surface area contributed by atoms with Gasteiger partial charge in [-0.3, -0.25) is 4.79 Å². The van der Waals surface area contributed by atoms with Crippen LogP contribution in [-0.2, 0) is 7.05 Å². The van der Waals surface area contributed by atoms with E-state index in [2.05, 4.69) is 15.9 Å². The molecule has 1 heterocycles. The first-order valence-corrected chi connectivity index (χ1v) is 8.01. The first kappa shape index (κ1) is 15.1. The molecule has 0 bridgehead atoms. The van der Waals surface area contributed by atoms with E-state index in [1.165, 1.54) is 0 Å². The van der Waals surface area contributed by atoms with Crippen LogP contribution in [0.15, 0.2) is 24.4 Å². The van der Waals surface area contributed by atoms with Crippen molar-refractivity contribution in [2.75, 3.05) is 12.4 Å². The summed E-state index contributed by atoms with van der Waals surface area (Å²) < 4.78 is 7.25. The number of carbonyl (C=O) groups excluding carboxylic acids is 1. The molecular weight excluding hydrogens is 318 g/mol. The molecule has 0 aliphatic rings. The van der Waals surface area contributed by atoms with Gasteiger partial charge in [-0.05, 0) is 31.0 Å². The Bertz CT molecular complexity index is 604. The van der Waals surface area contributed by atoms with Gasteiger partial charge in [0.25, 0.3) is 0 Å². The van der Waals surface area contributed by atoms with Crippen molar-refractivity contribution in [1.82, 2.24) is 4.57 Å². The van der Waals surface area contributed by atoms with E-state index in [0.717, 1.165) is 46.8 Å². The van der Waals surface area contributed by atoms with Crippen LogP contribution >= 0.6 is 15.9 Å². The molecule has 3 nitrogen and oxygen atoms in total. The van der Waals surface area contributed by atoms with Crippen LogP contribution in [0.5, 0.6) is 5.75 Å². The molecule has 1 aromatic heterocycles. The van der Waals surface area contributed by atoms with Crippen LogP contribution in [-0.4, -0.2) is 22.8 Å². The van der Waals surface area contributed by atoms with Gasteiger partial charge in [0.15, 0.2) is 5.78 Å². The molecule has 0 spiro atoms. The Morgan fingerprint density at radius 1 is 1.30 bits per heavy atom. The number of Topliss-reactive ketones (excluding diaryl/α,β-unsaturated/α-hetero) is 1. The molecular formula is C16H20BrNO2. The summed E-state index contributed by atoms with van der Waals surface area (Å²) >= 11 is 3.41. The Kier molecular flexibility index (Phi) is 5.24. The third-order valence-electron chi connectivity index (χ3n) is 3.53. The maximum Gasteiger partial charge on any atom is 0.165 e. The second-order valence-corrected chi connectivity index (χ2v) is 5.75. The van der Waals surface area contributed by atoms with E-state index in [1.54, 1.807) is 7.11 Å². The second-order valence-electron chi connectivity index (χ2n) is 4.96. The van der Waals surface area contributed by atoms with Gasteiger partial charge >= 0.3 is 0 Å². The smallest absolute Gasteiger partial charge is 0.165 e. The number of hydrogen-bond acceptors (Lipinski definition) is 2. The molecule has 0 aliphatic heterocycles. The lowest BCUT2D eigenvalue weighted by Crippen LogP contribution is -1.98. The van der Waals surface area contributed by atoms with E-state index in [9.17, 15) is 4.79 Å². The van der Waals surface area contributed by atoms with Crippen LogP contribution in [0.25, 0.3) is 10.9 Å². The molecule has 20 heavy (non-hydrogen) atoms. The van der Waals surface area contributed by atoms with E-state index >= 15 is 0 Å². The highest BCUT2D eigenvalue weighted by Crippen LogP contribution is 2.26. The molecule has 0 unspecified atom stereocenters. The Labute approximate surface area is 128 Å². The van der Waals surface area contributed by atoms with Gasteiger partial charge in [-0.2, -0.15) is 0 Å². The van der Waals surface area contributed by atoms with Crippen molar-refractivity contribution in [3.63, 3.8) is 0 Å². The zero-order valence-corrected chi connectivity index (χ0v) is 13.6. The summed E-state index contributed by atoms with van der Waals surface area (Å²) in [5, 5.41) is 1.99. The molecule has 0 fully saturated rings. The van der Waals surface area contributed by atoms with Crippen LogP contribution < -0.4 is 4.74 Å². The number of fused-ring (bicyclic) bond motifs is 1. The standard InChI is InChI=1S/C16H20BrNO2/c1-18-11-14(16(19)6-4-3-5-9-17)13-10-12(20-2)7-8-15(13)18/h7-8,10-11H,3-6,9H2,1-2H3. The highest BCUT2D eigenvalue weighted by atomic mass is 79.9. The van der Waals surface area contributed by atoms with E-state index < -0.39 is 0 Å². The maximum absolute atomic E-state index is 12.4. The Morgan fingerprint density at radius 3 is 2.80 bits per heavy atom. The zero-order valence-electron chi connectivity index (χ0n) is 12.0. The largest absolute Gasteiger partial charge is 0.497 e. The van der Waals surface area contributed by atoms with Gasteiger partial charge in [0.2, 0.25) is 0 Å². The Hall–Kier alpha value is -1.29. The average molecular weight is 338 g/mol. The summed E-state index contributed by atoms with van der Waals surface area (Å²) in [6.45, 7) is 0. The lowest BCUT2D eigenvalue weighted by Gasteiger charge is -2.02. The van der Waals surface area contributed by atoms with Gasteiger partial charge < -0.3 is 9.30 Å². The van der Waals surface area contributed by atoms with E-state index in [-0.39, 0.29) is 5.78 Å². The molecule has 0 saturated carbocycles. The second kappa shape index (κ2) is 6.93. The van der Waals surface area contributed by atoms with Gasteiger partial charge in [-0.1, -0.05) is 22.4 Å². The number of aryl methyl sites for hydroxylation is 1. The summed E-state index contributed by atoms with van der Waals surface area (Å²) in [5.74, 6) is 1.01. The highest BCUT2D eigenvalue weighted by molar-refractivity contribution is 9.09. The minimum absolute atomic E-state index is 0.221. The number of benzene rings is 1. The van der Waals surface area contributed by atoms with E-state index in [0.29, 0.717) is 6.42 Å². The molecule has 108 valence electrons. The van der Waals surface area contributed by atoms with Crippen LogP contribution in [0.3, 0.4) is 0 Å². The van der Waals surface area contributed by atoms with Gasteiger partial charge in [0.1, 0.15) is 5.75 Å². The van der Waals surface area contributed by atoms with Crippen LogP contribution in [0.1, 0.15) is 36.0 Å². The minimum atomic E-state index is 0.221. The topological polar surface area (TPSA) is 31.2 Å². The van der Waals surface area contributed by atoms with Crippen LogP contribution in [0.4, 0.5) is 0 Å². The summed E-state index contributed by atoms with van der Waals surface area (Å²) in [7, 11) is 3.61. The number of hydrogen-bond donors (Lipinski definition) is 0. The molecule has 0 radical (unpaired) electrons. The number of alkyl halides is 1. The van der Waals surface area contributed by atoms with Gasteiger partial charge in [-0.15, -0.1) is 0 Å². The SMILES string of the molecule is COc1ccc2c(c1)c(C(=O)CCCCCBr)cn2C. The fourth-order valence-electron chi connectivity index (χ4n) is 2.41. The first-order chi connectivity index (χ1) is 9.67. The minimum Gasteiger partial charge on any atom is -0.497 e. The van der Waals surface area contributed by atoms with Crippen molar-refractivity contribution in [3.8, 4) is 5.75 Å². The van der Waals surface area contributed by atoms with Gasteiger partial charge in [0.05, 0.1) is 7.11 Å². The number of ether oxygens (including phenoxy) is 1. The fourth-order valence-corrected chi connectivity index (χ4v) is 2.81. The summed E-state index contributed by atoms with van der Waals surface area (Å²) in [6, 6.07) is 5.86. The third kappa shape index (κ3) is 3.23. The molecule has 0 amide bonds. The van der Waals surface area contributed by atoms with Crippen molar-refractivity contribution in [2.45, 2.75) is 25.7 Å². The maximum atomic E-state index is 12.4. The molecule has 0 atom stereocenters. The number of rotatable bonds is 7. The zero-order chi connectivity index (χ0) is 14.5. The predicted octanol–water partition coefficient (Wildman–Crippen LogP) is 4.32. The lowest BCUT2D eigenvalue weighted by atomic mass is 10.0. The molecule has 0 N–H and O–H groups in total. The van der Waals surface area contributed by atoms with E-state index in [4.69, 9.17) is 4.74 Å². The van der Waals surface area contributed by atoms with E-state index in [1.807, 2.05) is 36.0 Å². The number of carbonyl (C=O) groups is 1. The first-order valence-electron chi connectivity index (χ1n) is 6.89.